The molecule has 0 unspecified atom stereocenters. The normalized spacial score (nSPS) is 18.5. The molecule has 1 aromatic carbocycles. The molecule has 0 bridgehead atoms. The van der Waals surface area contributed by atoms with Crippen molar-refractivity contribution in [3.05, 3.63) is 28.8 Å². The molecule has 0 aliphatic carbocycles. The van der Waals surface area contributed by atoms with Gasteiger partial charge in [0.25, 0.3) is 0 Å². The fourth-order valence-corrected chi connectivity index (χ4v) is 1.91. The number of nitrogens with zero attached hydrogens (tertiary/aromatic N) is 1. The van der Waals surface area contributed by atoms with Crippen molar-refractivity contribution in [2.75, 3.05) is 4.90 Å². The van der Waals surface area contributed by atoms with Crippen LogP contribution < -0.4 is 10.2 Å². The number of barbiturate groups is 1. The van der Waals surface area contributed by atoms with Gasteiger partial charge in [0.05, 0.1) is 5.69 Å². The van der Waals surface area contributed by atoms with Gasteiger partial charge in [-0.25, -0.2) is 9.69 Å². The second-order valence-electron chi connectivity index (χ2n) is 4.96. The largest absolute Gasteiger partial charge is 0.335 e. The first kappa shape index (κ1) is 13.5. The second-order valence-corrected chi connectivity index (χ2v) is 5.37. The third kappa shape index (κ3) is 2.10. The Kier molecular flexibility index (Phi) is 3.10. The monoisotopic (exact) mass is 280 g/mol. The maximum absolute atomic E-state index is 12.3. The first-order chi connectivity index (χ1) is 8.75. The fourth-order valence-electron chi connectivity index (χ4n) is 1.73. The Morgan fingerprint density at radius 2 is 1.84 bits per heavy atom. The van der Waals surface area contributed by atoms with Gasteiger partial charge in [-0.05, 0) is 38.5 Å². The number of urea groups is 1. The van der Waals surface area contributed by atoms with E-state index in [0.717, 1.165) is 10.5 Å². The Balaban J connectivity index is 2.48. The number of rotatable bonds is 1. The lowest BCUT2D eigenvalue weighted by Gasteiger charge is -2.34. The quantitative estimate of drug-likeness (QED) is 0.803. The number of nitrogens with one attached hydrogen (secondary N) is 1. The van der Waals surface area contributed by atoms with E-state index in [2.05, 4.69) is 5.32 Å². The molecule has 4 amide bonds. The molecule has 19 heavy (non-hydrogen) atoms. The van der Waals surface area contributed by atoms with E-state index in [1.807, 2.05) is 6.92 Å². The van der Waals surface area contributed by atoms with E-state index < -0.39 is 23.3 Å². The van der Waals surface area contributed by atoms with Crippen molar-refractivity contribution in [3.63, 3.8) is 0 Å². The third-order valence-corrected chi connectivity index (χ3v) is 3.55. The Bertz CT molecular complexity index is 596. The fraction of sp³-hybridized carbons (Fsp3) is 0.308. The highest BCUT2D eigenvalue weighted by atomic mass is 35.5. The predicted octanol–water partition coefficient (Wildman–Crippen LogP) is 2.26. The number of aryl methyl sites for hydroxylation is 1. The molecule has 1 aromatic rings. The molecule has 1 aliphatic heterocycles. The molecule has 0 spiro atoms. The average Bonchev–Trinajstić information content (AvgIpc) is 2.32. The summed E-state index contributed by atoms with van der Waals surface area (Å²) in [7, 11) is 0. The lowest BCUT2D eigenvalue weighted by atomic mass is 9.88. The molecule has 0 aromatic heterocycles. The van der Waals surface area contributed by atoms with Crippen LogP contribution in [0.4, 0.5) is 10.5 Å². The number of anilines is 1. The van der Waals surface area contributed by atoms with E-state index >= 15 is 0 Å². The molecule has 2 rings (SSSR count). The van der Waals surface area contributed by atoms with Crippen molar-refractivity contribution in [3.8, 4) is 0 Å². The van der Waals surface area contributed by atoms with Crippen LogP contribution in [0.1, 0.15) is 19.4 Å². The summed E-state index contributed by atoms with van der Waals surface area (Å²) in [5, 5.41) is 2.62. The molecule has 0 atom stereocenters. The van der Waals surface area contributed by atoms with Gasteiger partial charge in [-0.1, -0.05) is 17.7 Å². The minimum Gasteiger partial charge on any atom is -0.276 e. The molecule has 100 valence electrons. The molecule has 1 aliphatic rings. The van der Waals surface area contributed by atoms with Crippen LogP contribution in [0.2, 0.25) is 5.02 Å². The van der Waals surface area contributed by atoms with Crippen LogP contribution >= 0.6 is 11.6 Å². The zero-order valence-electron chi connectivity index (χ0n) is 10.8. The van der Waals surface area contributed by atoms with Gasteiger partial charge < -0.3 is 0 Å². The van der Waals surface area contributed by atoms with E-state index in [0.29, 0.717) is 10.7 Å². The first-order valence-electron chi connectivity index (χ1n) is 5.71. The topological polar surface area (TPSA) is 66.5 Å². The molecule has 0 saturated carbocycles. The number of benzene rings is 1. The van der Waals surface area contributed by atoms with E-state index in [9.17, 15) is 14.4 Å². The number of amides is 4. The summed E-state index contributed by atoms with van der Waals surface area (Å²) >= 11 is 5.99. The lowest BCUT2D eigenvalue weighted by Crippen LogP contribution is -2.62. The van der Waals surface area contributed by atoms with Crippen LogP contribution in [0.5, 0.6) is 0 Å². The van der Waals surface area contributed by atoms with Crippen LogP contribution in [0, 0.1) is 12.3 Å². The predicted molar refractivity (Wildman–Crippen MR) is 71.0 cm³/mol. The number of imide groups is 2. The molecule has 0 radical (unpaired) electrons. The summed E-state index contributed by atoms with van der Waals surface area (Å²) in [5.74, 6) is -1.17. The van der Waals surface area contributed by atoms with Gasteiger partial charge in [0.2, 0.25) is 11.8 Å². The molecular weight excluding hydrogens is 268 g/mol. The van der Waals surface area contributed by atoms with Crippen LogP contribution in [-0.4, -0.2) is 17.8 Å². The molecule has 6 heteroatoms. The van der Waals surface area contributed by atoms with Crippen LogP contribution in [0.3, 0.4) is 0 Å². The van der Waals surface area contributed by atoms with Crippen molar-refractivity contribution >= 4 is 35.1 Å². The zero-order valence-corrected chi connectivity index (χ0v) is 11.5. The van der Waals surface area contributed by atoms with Gasteiger partial charge >= 0.3 is 6.03 Å². The highest BCUT2D eigenvalue weighted by Gasteiger charge is 2.47. The second kappa shape index (κ2) is 4.35. The molecule has 1 fully saturated rings. The van der Waals surface area contributed by atoms with E-state index in [-0.39, 0.29) is 0 Å². The highest BCUT2D eigenvalue weighted by molar-refractivity contribution is 6.33. The Morgan fingerprint density at radius 3 is 2.42 bits per heavy atom. The molecule has 1 saturated heterocycles. The summed E-state index contributed by atoms with van der Waals surface area (Å²) in [6.07, 6.45) is 0. The first-order valence-corrected chi connectivity index (χ1v) is 6.09. The van der Waals surface area contributed by atoms with Gasteiger partial charge in [0, 0.05) is 5.02 Å². The van der Waals surface area contributed by atoms with Gasteiger partial charge in [0.15, 0.2) is 0 Å². The highest BCUT2D eigenvalue weighted by Crippen LogP contribution is 2.30. The van der Waals surface area contributed by atoms with E-state index in [1.54, 1.807) is 12.1 Å². The van der Waals surface area contributed by atoms with E-state index in [1.165, 1.54) is 19.9 Å². The summed E-state index contributed by atoms with van der Waals surface area (Å²) in [6.45, 7) is 4.76. The molecule has 1 heterocycles. The Labute approximate surface area is 115 Å². The average molecular weight is 281 g/mol. The van der Waals surface area contributed by atoms with Crippen molar-refractivity contribution in [2.24, 2.45) is 5.41 Å². The van der Waals surface area contributed by atoms with Crippen molar-refractivity contribution in [2.45, 2.75) is 20.8 Å². The number of carbonyl (C=O) groups excluding carboxylic acids is 3. The van der Waals surface area contributed by atoms with Crippen LogP contribution in [0.25, 0.3) is 0 Å². The number of hydrogen-bond acceptors (Lipinski definition) is 3. The number of halogens is 1. The van der Waals surface area contributed by atoms with Gasteiger partial charge in [-0.2, -0.15) is 0 Å². The minimum absolute atomic E-state index is 0.346. The maximum Gasteiger partial charge on any atom is 0.335 e. The van der Waals surface area contributed by atoms with Crippen molar-refractivity contribution in [1.29, 1.82) is 0 Å². The van der Waals surface area contributed by atoms with Crippen LogP contribution in [-0.2, 0) is 9.59 Å². The molecular formula is C13H13ClN2O3. The summed E-state index contributed by atoms with van der Waals surface area (Å²) in [4.78, 5) is 36.7. The van der Waals surface area contributed by atoms with Crippen molar-refractivity contribution < 1.29 is 14.4 Å². The van der Waals surface area contributed by atoms with E-state index in [4.69, 9.17) is 11.6 Å². The zero-order chi connectivity index (χ0) is 14.4. The minimum atomic E-state index is -1.29. The van der Waals surface area contributed by atoms with Gasteiger partial charge in [0.1, 0.15) is 5.41 Å². The third-order valence-electron chi connectivity index (χ3n) is 3.14. The van der Waals surface area contributed by atoms with Gasteiger partial charge in [-0.15, -0.1) is 0 Å². The summed E-state index contributed by atoms with van der Waals surface area (Å²) in [5.41, 5.74) is -0.102. The lowest BCUT2D eigenvalue weighted by molar-refractivity contribution is -0.140. The SMILES string of the molecule is Cc1ccc(N2C(=O)NC(=O)C(C)(C)C2=O)cc1Cl. The number of hydrogen-bond donors (Lipinski definition) is 1. The Hall–Kier alpha value is -1.88. The number of carbonyl (C=O) groups is 3. The maximum atomic E-state index is 12.3. The molecule has 5 nitrogen and oxygen atoms in total. The summed E-state index contributed by atoms with van der Waals surface area (Å²) in [6, 6.07) is 4.10. The van der Waals surface area contributed by atoms with Crippen LogP contribution in [0.15, 0.2) is 18.2 Å². The van der Waals surface area contributed by atoms with Gasteiger partial charge in [-0.3, -0.25) is 14.9 Å². The summed E-state index contributed by atoms with van der Waals surface area (Å²) < 4.78 is 0. The Morgan fingerprint density at radius 1 is 1.21 bits per heavy atom. The standard InChI is InChI=1S/C13H13ClN2O3/c1-7-4-5-8(6-9(7)14)16-11(18)13(2,3)10(17)15-12(16)19/h4-6H,1-3H3,(H,15,17,19). The molecule has 1 N–H and O–H groups in total. The smallest absolute Gasteiger partial charge is 0.276 e. The van der Waals surface area contributed by atoms with Crippen molar-refractivity contribution in [1.82, 2.24) is 5.32 Å².